The second-order valence-electron chi connectivity index (χ2n) is 3.35. The van der Waals surface area contributed by atoms with Gasteiger partial charge < -0.3 is 14.8 Å². The highest BCUT2D eigenvalue weighted by molar-refractivity contribution is 5.83. The standard InChI is InChI=1S/C11H19NO5/c1-4-9(13)16-7-6-12-11(15)8(3)17-10(14)5-2/h8H,4-7H2,1-3H3,(H,12,15)/t8-/m1/s1. The van der Waals surface area contributed by atoms with Crippen LogP contribution in [0.2, 0.25) is 0 Å². The largest absolute Gasteiger partial charge is 0.464 e. The van der Waals surface area contributed by atoms with Gasteiger partial charge in [0.05, 0.1) is 6.54 Å². The van der Waals surface area contributed by atoms with Crippen molar-refractivity contribution in [3.63, 3.8) is 0 Å². The van der Waals surface area contributed by atoms with E-state index in [1.165, 1.54) is 6.92 Å². The third-order valence-electron chi connectivity index (χ3n) is 1.92. The Kier molecular flexibility index (Phi) is 7.75. The lowest BCUT2D eigenvalue weighted by Gasteiger charge is -2.12. The number of hydrogen-bond donors (Lipinski definition) is 1. The Bertz CT molecular complexity index is 277. The van der Waals surface area contributed by atoms with E-state index in [0.717, 1.165) is 0 Å². The number of esters is 2. The zero-order valence-electron chi connectivity index (χ0n) is 10.4. The number of ether oxygens (including phenoxy) is 2. The number of hydrogen-bond acceptors (Lipinski definition) is 5. The summed E-state index contributed by atoms with van der Waals surface area (Å²) in [7, 11) is 0. The molecule has 0 unspecified atom stereocenters. The summed E-state index contributed by atoms with van der Waals surface area (Å²) in [5.74, 6) is -1.14. The number of amides is 1. The lowest BCUT2D eigenvalue weighted by molar-refractivity contribution is -0.154. The molecule has 0 aromatic heterocycles. The van der Waals surface area contributed by atoms with Crippen molar-refractivity contribution in [2.24, 2.45) is 0 Å². The van der Waals surface area contributed by atoms with Gasteiger partial charge in [0, 0.05) is 12.8 Å². The molecule has 0 heterocycles. The molecule has 0 aromatic rings. The van der Waals surface area contributed by atoms with Crippen molar-refractivity contribution in [3.8, 4) is 0 Å². The fourth-order valence-corrected chi connectivity index (χ4v) is 0.919. The number of rotatable bonds is 7. The van der Waals surface area contributed by atoms with Crippen molar-refractivity contribution < 1.29 is 23.9 Å². The molecule has 0 aromatic carbocycles. The van der Waals surface area contributed by atoms with Crippen molar-refractivity contribution in [1.82, 2.24) is 5.32 Å². The third kappa shape index (κ3) is 7.32. The summed E-state index contributed by atoms with van der Waals surface area (Å²) in [5, 5.41) is 2.50. The third-order valence-corrected chi connectivity index (χ3v) is 1.92. The Labute approximate surface area is 101 Å². The summed E-state index contributed by atoms with van der Waals surface area (Å²) in [6, 6.07) is 0. The monoisotopic (exact) mass is 245 g/mol. The van der Waals surface area contributed by atoms with Gasteiger partial charge in [0.25, 0.3) is 5.91 Å². The summed E-state index contributed by atoms with van der Waals surface area (Å²) in [6.45, 7) is 5.15. The molecule has 17 heavy (non-hydrogen) atoms. The Morgan fingerprint density at radius 2 is 1.71 bits per heavy atom. The lowest BCUT2D eigenvalue weighted by Crippen LogP contribution is -2.37. The van der Waals surface area contributed by atoms with Gasteiger partial charge in [0.2, 0.25) is 0 Å². The zero-order chi connectivity index (χ0) is 13.3. The minimum Gasteiger partial charge on any atom is -0.464 e. The summed E-state index contributed by atoms with van der Waals surface area (Å²) in [5.41, 5.74) is 0. The van der Waals surface area contributed by atoms with Crippen molar-refractivity contribution in [2.75, 3.05) is 13.2 Å². The molecule has 1 N–H and O–H groups in total. The van der Waals surface area contributed by atoms with Crippen LogP contribution in [0.3, 0.4) is 0 Å². The molecule has 0 aliphatic rings. The molecule has 0 aliphatic heterocycles. The molecular formula is C11H19NO5. The van der Waals surface area contributed by atoms with Gasteiger partial charge in [0.15, 0.2) is 6.10 Å². The summed E-state index contributed by atoms with van der Waals surface area (Å²) < 4.78 is 9.56. The van der Waals surface area contributed by atoms with Crippen LogP contribution < -0.4 is 5.32 Å². The van der Waals surface area contributed by atoms with Crippen LogP contribution in [0.15, 0.2) is 0 Å². The van der Waals surface area contributed by atoms with Crippen LogP contribution in [0.4, 0.5) is 0 Å². The predicted octanol–water partition coefficient (Wildman–Crippen LogP) is 0.397. The van der Waals surface area contributed by atoms with Crippen molar-refractivity contribution >= 4 is 17.8 Å². The minimum absolute atomic E-state index is 0.118. The topological polar surface area (TPSA) is 81.7 Å². The van der Waals surface area contributed by atoms with Crippen LogP contribution in [0, 0.1) is 0 Å². The van der Waals surface area contributed by atoms with Crippen LogP contribution in [-0.4, -0.2) is 37.1 Å². The van der Waals surface area contributed by atoms with Crippen LogP contribution in [-0.2, 0) is 23.9 Å². The molecule has 0 rings (SSSR count). The smallest absolute Gasteiger partial charge is 0.306 e. The molecule has 1 atom stereocenters. The average molecular weight is 245 g/mol. The number of carbonyl (C=O) groups excluding carboxylic acids is 3. The fourth-order valence-electron chi connectivity index (χ4n) is 0.919. The Morgan fingerprint density at radius 3 is 2.24 bits per heavy atom. The lowest BCUT2D eigenvalue weighted by atomic mass is 10.3. The second-order valence-corrected chi connectivity index (χ2v) is 3.35. The summed E-state index contributed by atoms with van der Waals surface area (Å²) in [4.78, 5) is 33.1. The summed E-state index contributed by atoms with van der Waals surface area (Å²) >= 11 is 0. The fraction of sp³-hybridized carbons (Fsp3) is 0.727. The van der Waals surface area contributed by atoms with Crippen LogP contribution in [0.5, 0.6) is 0 Å². The van der Waals surface area contributed by atoms with Crippen LogP contribution >= 0.6 is 0 Å². The molecule has 0 fully saturated rings. The molecule has 6 heteroatoms. The molecule has 98 valence electrons. The van der Waals surface area contributed by atoms with Gasteiger partial charge in [-0.2, -0.15) is 0 Å². The highest BCUT2D eigenvalue weighted by Gasteiger charge is 2.16. The zero-order valence-corrected chi connectivity index (χ0v) is 10.4. The summed E-state index contributed by atoms with van der Waals surface area (Å²) in [6.07, 6.45) is -0.297. The first-order valence-corrected chi connectivity index (χ1v) is 5.64. The first-order valence-electron chi connectivity index (χ1n) is 5.64. The van der Waals surface area contributed by atoms with Crippen molar-refractivity contribution in [1.29, 1.82) is 0 Å². The maximum Gasteiger partial charge on any atom is 0.306 e. The van der Waals surface area contributed by atoms with Crippen molar-refractivity contribution in [3.05, 3.63) is 0 Å². The van der Waals surface area contributed by atoms with E-state index in [-0.39, 0.29) is 25.5 Å². The molecule has 0 bridgehead atoms. The Morgan fingerprint density at radius 1 is 1.12 bits per heavy atom. The number of nitrogens with one attached hydrogen (secondary N) is 1. The first-order chi connectivity index (χ1) is 8.01. The average Bonchev–Trinajstić information content (AvgIpc) is 2.33. The van der Waals surface area contributed by atoms with E-state index in [1.54, 1.807) is 13.8 Å². The predicted molar refractivity (Wildman–Crippen MR) is 60.1 cm³/mol. The van der Waals surface area contributed by atoms with E-state index >= 15 is 0 Å². The maximum atomic E-state index is 11.4. The highest BCUT2D eigenvalue weighted by Crippen LogP contribution is 1.94. The Hall–Kier alpha value is -1.59. The molecule has 0 aliphatic carbocycles. The van der Waals surface area contributed by atoms with Gasteiger partial charge in [-0.1, -0.05) is 13.8 Å². The van der Waals surface area contributed by atoms with E-state index in [1.807, 2.05) is 0 Å². The van der Waals surface area contributed by atoms with Gasteiger partial charge in [-0.3, -0.25) is 14.4 Å². The van der Waals surface area contributed by atoms with Gasteiger partial charge in [0.1, 0.15) is 6.61 Å². The second kappa shape index (κ2) is 8.55. The quantitative estimate of drug-likeness (QED) is 0.518. The van der Waals surface area contributed by atoms with Gasteiger partial charge in [-0.05, 0) is 6.92 Å². The van der Waals surface area contributed by atoms with Crippen LogP contribution in [0.25, 0.3) is 0 Å². The Balaban J connectivity index is 3.71. The minimum atomic E-state index is -0.829. The van der Waals surface area contributed by atoms with E-state index < -0.39 is 18.0 Å². The van der Waals surface area contributed by atoms with E-state index in [2.05, 4.69) is 5.32 Å². The van der Waals surface area contributed by atoms with Gasteiger partial charge in [-0.15, -0.1) is 0 Å². The molecule has 6 nitrogen and oxygen atoms in total. The number of carbonyl (C=O) groups is 3. The normalized spacial score (nSPS) is 11.5. The van der Waals surface area contributed by atoms with Gasteiger partial charge >= 0.3 is 11.9 Å². The first kappa shape index (κ1) is 15.4. The SMILES string of the molecule is CCC(=O)OCCNC(=O)[C@@H](C)OC(=O)CC. The molecule has 0 saturated carbocycles. The van der Waals surface area contributed by atoms with E-state index in [4.69, 9.17) is 9.47 Å². The highest BCUT2D eigenvalue weighted by atomic mass is 16.5. The molecule has 0 spiro atoms. The van der Waals surface area contributed by atoms with Gasteiger partial charge in [-0.25, -0.2) is 0 Å². The van der Waals surface area contributed by atoms with E-state index in [9.17, 15) is 14.4 Å². The molecule has 0 saturated heterocycles. The van der Waals surface area contributed by atoms with Crippen molar-refractivity contribution in [2.45, 2.75) is 39.7 Å². The maximum absolute atomic E-state index is 11.4. The molecule has 0 radical (unpaired) electrons. The van der Waals surface area contributed by atoms with Crippen LogP contribution in [0.1, 0.15) is 33.6 Å². The van der Waals surface area contributed by atoms with E-state index in [0.29, 0.717) is 6.42 Å². The molecule has 1 amide bonds. The molecular weight excluding hydrogens is 226 g/mol.